The van der Waals surface area contributed by atoms with Gasteiger partial charge in [-0.1, -0.05) is 11.6 Å². The van der Waals surface area contributed by atoms with E-state index >= 15 is 0 Å². The molecule has 0 spiro atoms. The van der Waals surface area contributed by atoms with E-state index in [0.29, 0.717) is 17.7 Å². The summed E-state index contributed by atoms with van der Waals surface area (Å²) in [7, 11) is 0. The predicted molar refractivity (Wildman–Crippen MR) is 116 cm³/mol. The molecule has 6 heteroatoms. The molecule has 1 aromatic carbocycles. The number of aryl methyl sites for hydroxylation is 1. The summed E-state index contributed by atoms with van der Waals surface area (Å²) in [5, 5.41) is 5.16. The number of ether oxygens (including phenoxy) is 1. The van der Waals surface area contributed by atoms with Crippen LogP contribution in [0.3, 0.4) is 0 Å². The second-order valence-corrected chi connectivity index (χ2v) is 8.62. The van der Waals surface area contributed by atoms with Gasteiger partial charge in [0.15, 0.2) is 5.65 Å². The van der Waals surface area contributed by atoms with E-state index in [-0.39, 0.29) is 0 Å². The highest BCUT2D eigenvalue weighted by Crippen LogP contribution is 2.35. The van der Waals surface area contributed by atoms with E-state index < -0.39 is 0 Å². The van der Waals surface area contributed by atoms with Gasteiger partial charge in [-0.3, -0.25) is 0 Å². The summed E-state index contributed by atoms with van der Waals surface area (Å²) in [6.45, 7) is 5.32. The zero-order valence-electron chi connectivity index (χ0n) is 16.9. The van der Waals surface area contributed by atoms with E-state index in [0.717, 1.165) is 54.9 Å². The van der Waals surface area contributed by atoms with Crippen LogP contribution in [0.1, 0.15) is 43.9 Å². The largest absolute Gasteiger partial charge is 0.492 e. The predicted octanol–water partition coefficient (Wildman–Crippen LogP) is 4.79. The SMILES string of the molecule is C[C@@H]1CCCN1CCCOc1ccc(-c2c3c(nc4ccnn24)CCC3)cc1Cl. The Kier molecular flexibility index (Phi) is 5.18. The first kappa shape index (κ1) is 18.9. The van der Waals surface area contributed by atoms with E-state index in [1.807, 2.05) is 22.7 Å². The second kappa shape index (κ2) is 7.96. The minimum Gasteiger partial charge on any atom is -0.492 e. The quantitative estimate of drug-likeness (QED) is 0.548. The van der Waals surface area contributed by atoms with Gasteiger partial charge in [0.05, 0.1) is 23.5 Å². The molecule has 0 bridgehead atoms. The summed E-state index contributed by atoms with van der Waals surface area (Å²) in [4.78, 5) is 7.32. The van der Waals surface area contributed by atoms with Crippen LogP contribution in [0.25, 0.3) is 16.9 Å². The van der Waals surface area contributed by atoms with Crippen LogP contribution in [0.4, 0.5) is 0 Å². The van der Waals surface area contributed by atoms with Crippen LogP contribution in [0.2, 0.25) is 5.02 Å². The van der Waals surface area contributed by atoms with Gasteiger partial charge in [-0.05, 0) is 70.2 Å². The lowest BCUT2D eigenvalue weighted by Gasteiger charge is -2.20. The van der Waals surface area contributed by atoms with E-state index in [1.54, 1.807) is 6.20 Å². The fourth-order valence-electron chi connectivity index (χ4n) is 4.76. The summed E-state index contributed by atoms with van der Waals surface area (Å²) in [5.41, 5.74) is 5.57. The Morgan fingerprint density at radius 2 is 2.14 bits per heavy atom. The van der Waals surface area contributed by atoms with Crippen LogP contribution in [-0.2, 0) is 12.8 Å². The maximum Gasteiger partial charge on any atom is 0.155 e. The third-order valence-corrected chi connectivity index (χ3v) is 6.60. The molecule has 0 radical (unpaired) electrons. The van der Waals surface area contributed by atoms with Gasteiger partial charge in [0.1, 0.15) is 5.75 Å². The van der Waals surface area contributed by atoms with Crippen molar-refractivity contribution in [1.82, 2.24) is 19.5 Å². The van der Waals surface area contributed by atoms with Gasteiger partial charge in [0.2, 0.25) is 0 Å². The summed E-state index contributed by atoms with van der Waals surface area (Å²) >= 11 is 6.60. The van der Waals surface area contributed by atoms with Crippen LogP contribution in [0.5, 0.6) is 5.75 Å². The molecule has 5 nitrogen and oxygen atoms in total. The average Bonchev–Trinajstić information content (AvgIpc) is 3.45. The highest BCUT2D eigenvalue weighted by molar-refractivity contribution is 6.32. The topological polar surface area (TPSA) is 42.7 Å². The van der Waals surface area contributed by atoms with Gasteiger partial charge in [0.25, 0.3) is 0 Å². The molecule has 3 heterocycles. The molecule has 0 unspecified atom stereocenters. The standard InChI is InChI=1S/C23H27ClN4O/c1-16-5-3-12-27(16)13-4-14-29-21-9-8-17(15-19(21)24)23-18-6-2-7-20(18)26-22-10-11-25-28(22)23/h8-11,15-16H,2-7,12-14H2,1H3/t16-/m1/s1. The molecule has 2 aromatic heterocycles. The Hall–Kier alpha value is -2.11. The van der Waals surface area contributed by atoms with Crippen molar-refractivity contribution in [3.63, 3.8) is 0 Å². The number of halogens is 1. The Bertz CT molecular complexity index is 1030. The number of aromatic nitrogens is 3. The molecule has 29 heavy (non-hydrogen) atoms. The fourth-order valence-corrected chi connectivity index (χ4v) is 5.00. The van der Waals surface area contributed by atoms with Gasteiger partial charge in [0, 0.05) is 35.5 Å². The molecule has 1 fully saturated rings. The summed E-state index contributed by atoms with van der Waals surface area (Å²) < 4.78 is 7.93. The van der Waals surface area contributed by atoms with Crippen molar-refractivity contribution in [1.29, 1.82) is 0 Å². The Labute approximate surface area is 176 Å². The van der Waals surface area contributed by atoms with Crippen LogP contribution in [-0.4, -0.2) is 45.2 Å². The zero-order chi connectivity index (χ0) is 19.8. The third-order valence-electron chi connectivity index (χ3n) is 6.30. The number of hydrogen-bond donors (Lipinski definition) is 0. The summed E-state index contributed by atoms with van der Waals surface area (Å²) in [6.07, 6.45) is 8.68. The monoisotopic (exact) mass is 410 g/mol. The summed E-state index contributed by atoms with van der Waals surface area (Å²) in [5.74, 6) is 0.757. The minimum atomic E-state index is 0.654. The van der Waals surface area contributed by atoms with Crippen molar-refractivity contribution in [3.05, 3.63) is 46.7 Å². The average molecular weight is 411 g/mol. The van der Waals surface area contributed by atoms with E-state index in [9.17, 15) is 0 Å². The number of rotatable bonds is 6. The highest BCUT2D eigenvalue weighted by atomic mass is 35.5. The van der Waals surface area contributed by atoms with Crippen LogP contribution >= 0.6 is 11.6 Å². The van der Waals surface area contributed by atoms with Gasteiger partial charge in [-0.15, -0.1) is 0 Å². The molecule has 0 amide bonds. The second-order valence-electron chi connectivity index (χ2n) is 8.21. The number of benzene rings is 1. The summed E-state index contributed by atoms with van der Waals surface area (Å²) in [6, 6.07) is 8.77. The number of fused-ring (bicyclic) bond motifs is 2. The van der Waals surface area contributed by atoms with E-state index in [2.05, 4.69) is 23.0 Å². The maximum absolute atomic E-state index is 6.60. The first-order valence-electron chi connectivity index (χ1n) is 10.7. The molecule has 3 aromatic rings. The molecule has 1 saturated heterocycles. The van der Waals surface area contributed by atoms with Crippen molar-refractivity contribution in [2.45, 2.75) is 51.5 Å². The van der Waals surface area contributed by atoms with Crippen molar-refractivity contribution >= 4 is 17.2 Å². The first-order chi connectivity index (χ1) is 14.2. The Morgan fingerprint density at radius 1 is 1.21 bits per heavy atom. The van der Waals surface area contributed by atoms with Crippen LogP contribution in [0.15, 0.2) is 30.5 Å². The van der Waals surface area contributed by atoms with Crippen LogP contribution in [0, 0.1) is 0 Å². The minimum absolute atomic E-state index is 0.654. The lowest BCUT2D eigenvalue weighted by molar-refractivity contribution is 0.230. The van der Waals surface area contributed by atoms with Gasteiger partial charge < -0.3 is 9.64 Å². The van der Waals surface area contributed by atoms with E-state index in [4.69, 9.17) is 21.3 Å². The van der Waals surface area contributed by atoms with Gasteiger partial charge in [-0.2, -0.15) is 5.10 Å². The lowest BCUT2D eigenvalue weighted by atomic mass is 10.0. The van der Waals surface area contributed by atoms with Crippen molar-refractivity contribution in [2.24, 2.45) is 0 Å². The molecule has 5 rings (SSSR count). The number of nitrogens with zero attached hydrogens (tertiary/aromatic N) is 4. The van der Waals surface area contributed by atoms with Crippen LogP contribution < -0.4 is 4.74 Å². The molecular formula is C23H27ClN4O. The lowest BCUT2D eigenvalue weighted by Crippen LogP contribution is -2.28. The molecule has 1 atom stereocenters. The molecule has 152 valence electrons. The highest BCUT2D eigenvalue weighted by Gasteiger charge is 2.22. The Morgan fingerprint density at radius 3 is 2.97 bits per heavy atom. The zero-order valence-corrected chi connectivity index (χ0v) is 17.7. The first-order valence-corrected chi connectivity index (χ1v) is 11.1. The Balaban J connectivity index is 1.33. The molecule has 0 saturated carbocycles. The normalized spacial score (nSPS) is 19.2. The smallest absolute Gasteiger partial charge is 0.155 e. The van der Waals surface area contributed by atoms with Crippen molar-refractivity contribution in [2.75, 3.05) is 19.7 Å². The van der Waals surface area contributed by atoms with Gasteiger partial charge >= 0.3 is 0 Å². The molecule has 1 aliphatic heterocycles. The maximum atomic E-state index is 6.60. The van der Waals surface area contributed by atoms with E-state index in [1.165, 1.54) is 30.6 Å². The van der Waals surface area contributed by atoms with Gasteiger partial charge in [-0.25, -0.2) is 9.50 Å². The third kappa shape index (κ3) is 3.62. The van der Waals surface area contributed by atoms with Crippen molar-refractivity contribution < 1.29 is 4.74 Å². The molecule has 0 N–H and O–H groups in total. The number of hydrogen-bond acceptors (Lipinski definition) is 4. The molecular weight excluding hydrogens is 384 g/mol. The number of likely N-dealkylation sites (tertiary alicyclic amines) is 1. The molecule has 2 aliphatic rings. The fraction of sp³-hybridized carbons (Fsp3) is 0.478. The van der Waals surface area contributed by atoms with Crippen molar-refractivity contribution in [3.8, 4) is 17.0 Å². The molecule has 1 aliphatic carbocycles.